The number of hydrogen-bond acceptors (Lipinski definition) is 2. The molecule has 0 aromatic heterocycles. The molecule has 0 aromatic carbocycles. The highest BCUT2D eigenvalue weighted by molar-refractivity contribution is 6.00. The Morgan fingerprint density at radius 3 is 2.35 bits per heavy atom. The van der Waals surface area contributed by atoms with Gasteiger partial charge in [-0.05, 0) is 51.8 Å². The van der Waals surface area contributed by atoms with Crippen LogP contribution in [0.5, 0.6) is 0 Å². The third kappa shape index (κ3) is 8.40. The molecule has 0 aliphatic carbocycles. The summed E-state index contributed by atoms with van der Waals surface area (Å²) in [6.07, 6.45) is 8.82. The minimum absolute atomic E-state index is 0.0115. The van der Waals surface area contributed by atoms with Crippen LogP contribution in [0.2, 0.25) is 0 Å². The fourth-order valence-electron chi connectivity index (χ4n) is 1.17. The number of aliphatic hydroxyl groups is 1. The summed E-state index contributed by atoms with van der Waals surface area (Å²) >= 11 is 0. The SMILES string of the molecule is C=C[C@@](C)(O)C/C=C/C(C)=C/C(=O)C=C(C)C. The van der Waals surface area contributed by atoms with Gasteiger partial charge < -0.3 is 5.11 Å². The molecule has 0 aliphatic heterocycles. The van der Waals surface area contributed by atoms with E-state index in [0.29, 0.717) is 6.42 Å². The van der Waals surface area contributed by atoms with Crippen molar-refractivity contribution in [3.63, 3.8) is 0 Å². The molecule has 0 unspecified atom stereocenters. The molecule has 0 radical (unpaired) electrons. The van der Waals surface area contributed by atoms with E-state index in [1.807, 2.05) is 32.9 Å². The molecule has 0 spiro atoms. The first-order chi connectivity index (χ1) is 7.76. The van der Waals surface area contributed by atoms with E-state index >= 15 is 0 Å². The van der Waals surface area contributed by atoms with E-state index in [1.165, 1.54) is 6.08 Å². The number of hydrogen-bond donors (Lipinski definition) is 1. The monoisotopic (exact) mass is 234 g/mol. The van der Waals surface area contributed by atoms with Crippen LogP contribution in [0.15, 0.2) is 48.1 Å². The molecule has 0 heterocycles. The van der Waals surface area contributed by atoms with Crippen LogP contribution in [0.25, 0.3) is 0 Å². The van der Waals surface area contributed by atoms with E-state index < -0.39 is 5.60 Å². The van der Waals surface area contributed by atoms with Gasteiger partial charge in [0.05, 0.1) is 5.60 Å². The molecule has 0 rings (SSSR count). The molecule has 2 nitrogen and oxygen atoms in total. The standard InChI is InChI=1S/C15H22O2/c1-6-15(5,17)9-7-8-13(4)11-14(16)10-12(2)3/h6-8,10-11,17H,1,9H2,2-5H3/b8-7+,13-11+/t15-/m1/s1. The van der Waals surface area contributed by atoms with Crippen LogP contribution in [0.1, 0.15) is 34.1 Å². The van der Waals surface area contributed by atoms with Gasteiger partial charge in [0.25, 0.3) is 0 Å². The van der Waals surface area contributed by atoms with E-state index in [1.54, 1.807) is 19.1 Å². The largest absolute Gasteiger partial charge is 0.386 e. The van der Waals surface area contributed by atoms with Gasteiger partial charge in [0.1, 0.15) is 0 Å². The van der Waals surface area contributed by atoms with Gasteiger partial charge in [0, 0.05) is 0 Å². The first kappa shape index (κ1) is 15.6. The van der Waals surface area contributed by atoms with Gasteiger partial charge in [-0.25, -0.2) is 0 Å². The zero-order valence-corrected chi connectivity index (χ0v) is 11.2. The highest BCUT2D eigenvalue weighted by Gasteiger charge is 2.11. The lowest BCUT2D eigenvalue weighted by molar-refractivity contribution is -0.110. The van der Waals surface area contributed by atoms with Crippen molar-refractivity contribution in [1.82, 2.24) is 0 Å². The van der Waals surface area contributed by atoms with Gasteiger partial charge in [-0.15, -0.1) is 6.58 Å². The van der Waals surface area contributed by atoms with Crippen LogP contribution in [-0.4, -0.2) is 16.5 Å². The number of carbonyl (C=O) groups is 1. The summed E-state index contributed by atoms with van der Waals surface area (Å²) in [5.41, 5.74) is 0.964. The second-order valence-electron chi connectivity index (χ2n) is 4.68. The fourth-order valence-corrected chi connectivity index (χ4v) is 1.17. The highest BCUT2D eigenvalue weighted by Crippen LogP contribution is 2.11. The lowest BCUT2D eigenvalue weighted by atomic mass is 10.0. The van der Waals surface area contributed by atoms with Gasteiger partial charge in [0.15, 0.2) is 5.78 Å². The van der Waals surface area contributed by atoms with Crippen molar-refractivity contribution >= 4 is 5.78 Å². The first-order valence-corrected chi connectivity index (χ1v) is 5.66. The fraction of sp³-hybridized carbons (Fsp3) is 0.400. The predicted molar refractivity (Wildman–Crippen MR) is 72.8 cm³/mol. The van der Waals surface area contributed by atoms with Crippen molar-refractivity contribution in [3.05, 3.63) is 48.1 Å². The zero-order chi connectivity index (χ0) is 13.5. The van der Waals surface area contributed by atoms with Crippen molar-refractivity contribution in [1.29, 1.82) is 0 Å². The minimum Gasteiger partial charge on any atom is -0.386 e. The minimum atomic E-state index is -0.888. The Morgan fingerprint density at radius 2 is 1.88 bits per heavy atom. The van der Waals surface area contributed by atoms with Crippen LogP contribution in [0.4, 0.5) is 0 Å². The average molecular weight is 234 g/mol. The molecule has 0 bridgehead atoms. The smallest absolute Gasteiger partial charge is 0.178 e. The molecule has 17 heavy (non-hydrogen) atoms. The number of allylic oxidation sites excluding steroid dienone is 5. The Hall–Kier alpha value is -1.41. The molecule has 1 N–H and O–H groups in total. The molecule has 1 atom stereocenters. The van der Waals surface area contributed by atoms with Gasteiger partial charge in [-0.3, -0.25) is 4.79 Å². The first-order valence-electron chi connectivity index (χ1n) is 5.66. The Kier molecular flexibility index (Phi) is 6.44. The van der Waals surface area contributed by atoms with E-state index in [9.17, 15) is 9.90 Å². The van der Waals surface area contributed by atoms with Gasteiger partial charge in [0.2, 0.25) is 0 Å². The maximum atomic E-state index is 11.4. The summed E-state index contributed by atoms with van der Waals surface area (Å²) in [5.74, 6) is -0.0115. The molecule has 0 saturated heterocycles. The Morgan fingerprint density at radius 1 is 1.29 bits per heavy atom. The average Bonchev–Trinajstić information content (AvgIpc) is 2.15. The predicted octanol–water partition coefficient (Wildman–Crippen LogP) is 3.35. The summed E-state index contributed by atoms with van der Waals surface area (Å²) in [7, 11) is 0. The number of ketones is 1. The van der Waals surface area contributed by atoms with Crippen LogP contribution < -0.4 is 0 Å². The summed E-state index contributed by atoms with van der Waals surface area (Å²) in [5, 5.41) is 9.67. The summed E-state index contributed by atoms with van der Waals surface area (Å²) in [4.78, 5) is 11.4. The third-order valence-corrected chi connectivity index (χ3v) is 2.15. The van der Waals surface area contributed by atoms with E-state index in [0.717, 1.165) is 11.1 Å². The summed E-state index contributed by atoms with van der Waals surface area (Å²) < 4.78 is 0. The van der Waals surface area contributed by atoms with Crippen LogP contribution in [0.3, 0.4) is 0 Å². The second-order valence-corrected chi connectivity index (χ2v) is 4.68. The normalized spacial score (nSPS) is 15.5. The summed E-state index contributed by atoms with van der Waals surface area (Å²) in [6.45, 7) is 10.9. The van der Waals surface area contributed by atoms with Crippen molar-refractivity contribution in [3.8, 4) is 0 Å². The maximum absolute atomic E-state index is 11.4. The van der Waals surface area contributed by atoms with Crippen molar-refractivity contribution in [2.24, 2.45) is 0 Å². The molecule has 0 aliphatic rings. The number of carbonyl (C=O) groups excluding carboxylic acids is 1. The van der Waals surface area contributed by atoms with E-state index in [4.69, 9.17) is 0 Å². The van der Waals surface area contributed by atoms with Gasteiger partial charge in [-0.1, -0.05) is 23.8 Å². The molecular weight excluding hydrogens is 212 g/mol. The third-order valence-electron chi connectivity index (χ3n) is 2.15. The number of rotatable bonds is 6. The molecular formula is C15H22O2. The lowest BCUT2D eigenvalue weighted by Crippen LogP contribution is -2.18. The van der Waals surface area contributed by atoms with Crippen molar-refractivity contribution in [2.45, 2.75) is 39.7 Å². The quantitative estimate of drug-likeness (QED) is 0.435. The lowest BCUT2D eigenvalue weighted by Gasteiger charge is -2.14. The molecule has 0 amide bonds. The molecule has 94 valence electrons. The van der Waals surface area contributed by atoms with Gasteiger partial charge >= 0.3 is 0 Å². The topological polar surface area (TPSA) is 37.3 Å². The zero-order valence-electron chi connectivity index (χ0n) is 11.2. The Labute approximate surface area is 104 Å². The Balaban J connectivity index is 4.45. The van der Waals surface area contributed by atoms with E-state index in [-0.39, 0.29) is 5.78 Å². The van der Waals surface area contributed by atoms with Crippen LogP contribution >= 0.6 is 0 Å². The van der Waals surface area contributed by atoms with Crippen LogP contribution in [-0.2, 0) is 4.79 Å². The van der Waals surface area contributed by atoms with Crippen LogP contribution in [0, 0.1) is 0 Å². The molecule has 0 fully saturated rings. The van der Waals surface area contributed by atoms with Crippen molar-refractivity contribution in [2.75, 3.05) is 0 Å². The van der Waals surface area contributed by atoms with Gasteiger partial charge in [-0.2, -0.15) is 0 Å². The van der Waals surface area contributed by atoms with Crippen molar-refractivity contribution < 1.29 is 9.90 Å². The molecule has 0 saturated carbocycles. The second kappa shape index (κ2) is 7.02. The highest BCUT2D eigenvalue weighted by atomic mass is 16.3. The molecule has 0 aromatic rings. The summed E-state index contributed by atoms with van der Waals surface area (Å²) in [6, 6.07) is 0. The molecule has 2 heteroatoms. The Bertz CT molecular complexity index is 364. The van der Waals surface area contributed by atoms with E-state index in [2.05, 4.69) is 6.58 Å². The maximum Gasteiger partial charge on any atom is 0.178 e.